The Balaban J connectivity index is 2.44. The summed E-state index contributed by atoms with van der Waals surface area (Å²) in [6, 6.07) is 0. The van der Waals surface area contributed by atoms with Crippen molar-refractivity contribution in [1.82, 2.24) is 19.5 Å². The number of nitrogens with zero attached hydrogens (tertiary/aromatic N) is 4. The Hall–Kier alpha value is -1.57. The molecule has 0 unspecified atom stereocenters. The molecular formula is C10H10ClFN4O2. The normalized spacial score (nSPS) is 12.8. The number of aliphatic hydroxyl groups excluding tert-OH is 1. The van der Waals surface area contributed by atoms with E-state index in [1.54, 1.807) is 0 Å². The van der Waals surface area contributed by atoms with Crippen LogP contribution < -0.4 is 0 Å². The second kappa shape index (κ2) is 5.38. The van der Waals surface area contributed by atoms with Gasteiger partial charge in [0.1, 0.15) is 17.7 Å². The van der Waals surface area contributed by atoms with Crippen molar-refractivity contribution in [2.24, 2.45) is 0 Å². The van der Waals surface area contributed by atoms with Crippen LogP contribution in [0.5, 0.6) is 0 Å². The first-order valence-electron chi connectivity index (χ1n) is 5.05. The molecule has 1 N–H and O–H groups in total. The quantitative estimate of drug-likeness (QED) is 0.835. The number of ether oxygens (including phenoxy) is 1. The number of rotatable bonds is 5. The predicted octanol–water partition coefficient (Wildman–Crippen LogP) is 1.47. The van der Waals surface area contributed by atoms with Gasteiger partial charge < -0.3 is 9.84 Å². The SMILES string of the molecule is C=C(F)[C@H](OCCO)n1cnc2c(Cl)ncnc21. The third-order valence-electron chi connectivity index (χ3n) is 2.20. The van der Waals surface area contributed by atoms with Crippen LogP contribution in [0, 0.1) is 0 Å². The average molecular weight is 273 g/mol. The maximum Gasteiger partial charge on any atom is 0.188 e. The summed E-state index contributed by atoms with van der Waals surface area (Å²) >= 11 is 5.84. The minimum atomic E-state index is -1.10. The third-order valence-corrected chi connectivity index (χ3v) is 2.48. The molecule has 0 amide bonds. The number of hydrogen-bond donors (Lipinski definition) is 1. The van der Waals surface area contributed by atoms with Gasteiger partial charge in [-0.3, -0.25) is 4.57 Å². The van der Waals surface area contributed by atoms with Gasteiger partial charge in [-0.15, -0.1) is 0 Å². The van der Waals surface area contributed by atoms with Crippen molar-refractivity contribution < 1.29 is 14.2 Å². The largest absolute Gasteiger partial charge is 0.394 e. The van der Waals surface area contributed by atoms with Gasteiger partial charge in [0.25, 0.3) is 0 Å². The first kappa shape index (κ1) is 12.9. The van der Waals surface area contributed by atoms with Gasteiger partial charge in [-0.1, -0.05) is 18.2 Å². The third kappa shape index (κ3) is 2.33. The number of aromatic nitrogens is 4. The van der Waals surface area contributed by atoms with Crippen molar-refractivity contribution in [1.29, 1.82) is 0 Å². The molecule has 18 heavy (non-hydrogen) atoms. The fourth-order valence-electron chi connectivity index (χ4n) is 1.48. The van der Waals surface area contributed by atoms with Gasteiger partial charge in [0.2, 0.25) is 0 Å². The molecule has 0 saturated heterocycles. The van der Waals surface area contributed by atoms with Crippen molar-refractivity contribution in [3.05, 3.63) is 30.2 Å². The lowest BCUT2D eigenvalue weighted by Gasteiger charge is -2.16. The van der Waals surface area contributed by atoms with Crippen molar-refractivity contribution in [3.63, 3.8) is 0 Å². The van der Waals surface area contributed by atoms with E-state index >= 15 is 0 Å². The summed E-state index contributed by atoms with van der Waals surface area (Å²) in [7, 11) is 0. The summed E-state index contributed by atoms with van der Waals surface area (Å²) in [6.07, 6.45) is 1.47. The highest BCUT2D eigenvalue weighted by atomic mass is 35.5. The fourth-order valence-corrected chi connectivity index (χ4v) is 1.66. The molecule has 1 atom stereocenters. The Bertz CT molecular complexity index is 574. The Kier molecular flexibility index (Phi) is 3.85. The van der Waals surface area contributed by atoms with Crippen LogP contribution in [0.2, 0.25) is 5.15 Å². The lowest BCUT2D eigenvalue weighted by Crippen LogP contribution is -2.15. The van der Waals surface area contributed by atoms with E-state index in [4.69, 9.17) is 21.4 Å². The smallest absolute Gasteiger partial charge is 0.188 e. The van der Waals surface area contributed by atoms with E-state index in [9.17, 15) is 4.39 Å². The summed E-state index contributed by atoms with van der Waals surface area (Å²) in [5, 5.41) is 8.87. The van der Waals surface area contributed by atoms with Crippen LogP contribution in [-0.4, -0.2) is 37.8 Å². The number of halogens is 2. The monoisotopic (exact) mass is 272 g/mol. The number of aliphatic hydroxyl groups is 1. The molecule has 96 valence electrons. The zero-order valence-electron chi connectivity index (χ0n) is 9.25. The predicted molar refractivity (Wildman–Crippen MR) is 62.7 cm³/mol. The first-order chi connectivity index (χ1) is 8.65. The minimum Gasteiger partial charge on any atom is -0.394 e. The second-order valence-corrected chi connectivity index (χ2v) is 3.74. The highest BCUT2D eigenvalue weighted by molar-refractivity contribution is 6.33. The molecular weight excluding hydrogens is 263 g/mol. The molecule has 0 fully saturated rings. The second-order valence-electron chi connectivity index (χ2n) is 3.38. The molecule has 2 aromatic heterocycles. The first-order valence-corrected chi connectivity index (χ1v) is 5.42. The summed E-state index contributed by atoms with van der Waals surface area (Å²) in [5.74, 6) is -0.725. The number of hydrogen-bond acceptors (Lipinski definition) is 5. The Morgan fingerprint density at radius 1 is 1.56 bits per heavy atom. The van der Waals surface area contributed by atoms with E-state index in [1.807, 2.05) is 0 Å². The maximum absolute atomic E-state index is 13.4. The van der Waals surface area contributed by atoms with Crippen LogP contribution in [0.4, 0.5) is 4.39 Å². The molecule has 0 spiro atoms. The molecule has 2 rings (SSSR count). The van der Waals surface area contributed by atoms with Crippen LogP contribution in [0.15, 0.2) is 25.1 Å². The van der Waals surface area contributed by atoms with Crippen molar-refractivity contribution in [3.8, 4) is 0 Å². The standard InChI is InChI=1S/C10H10ClFN4O2/c1-6(12)10(18-3-2-17)16-5-15-7-8(11)13-4-14-9(7)16/h4-5,10,17H,1-3H2/t10-/m0/s1. The molecule has 0 aliphatic heterocycles. The van der Waals surface area contributed by atoms with Gasteiger partial charge in [0.05, 0.1) is 19.5 Å². The minimum absolute atomic E-state index is 0.0356. The summed E-state index contributed by atoms with van der Waals surface area (Å²) in [5.41, 5.74) is 0.676. The molecule has 0 bridgehead atoms. The van der Waals surface area contributed by atoms with E-state index in [0.717, 1.165) is 0 Å². The van der Waals surface area contributed by atoms with Crippen LogP contribution in [0.1, 0.15) is 6.23 Å². The summed E-state index contributed by atoms with van der Waals surface area (Å²) in [6.45, 7) is 2.93. The van der Waals surface area contributed by atoms with Crippen molar-refractivity contribution >= 4 is 22.8 Å². The van der Waals surface area contributed by atoms with Crippen LogP contribution >= 0.6 is 11.6 Å². The van der Waals surface area contributed by atoms with Gasteiger partial charge in [0.15, 0.2) is 17.0 Å². The van der Waals surface area contributed by atoms with Crippen molar-refractivity contribution in [2.45, 2.75) is 6.23 Å². The van der Waals surface area contributed by atoms with Gasteiger partial charge in [-0.2, -0.15) is 0 Å². The lowest BCUT2D eigenvalue weighted by molar-refractivity contribution is -0.00188. The molecule has 0 aliphatic carbocycles. The molecule has 2 aromatic rings. The molecule has 0 aromatic carbocycles. The molecule has 8 heteroatoms. The lowest BCUT2D eigenvalue weighted by atomic mass is 10.4. The van der Waals surface area contributed by atoms with E-state index < -0.39 is 12.1 Å². The van der Waals surface area contributed by atoms with E-state index in [1.165, 1.54) is 17.2 Å². The fraction of sp³-hybridized carbons (Fsp3) is 0.300. The van der Waals surface area contributed by atoms with Crippen molar-refractivity contribution in [2.75, 3.05) is 13.2 Å². The molecule has 0 aliphatic rings. The van der Waals surface area contributed by atoms with Gasteiger partial charge in [0, 0.05) is 0 Å². The van der Waals surface area contributed by atoms with Crippen LogP contribution in [-0.2, 0) is 4.74 Å². The Labute approximate surface area is 107 Å². The van der Waals surface area contributed by atoms with Gasteiger partial charge >= 0.3 is 0 Å². The Morgan fingerprint density at radius 3 is 3.00 bits per heavy atom. The van der Waals surface area contributed by atoms with E-state index in [2.05, 4.69) is 21.5 Å². The summed E-state index contributed by atoms with van der Waals surface area (Å²) in [4.78, 5) is 11.7. The van der Waals surface area contributed by atoms with Crippen LogP contribution in [0.25, 0.3) is 11.2 Å². The topological polar surface area (TPSA) is 73.1 Å². The van der Waals surface area contributed by atoms with Gasteiger partial charge in [-0.25, -0.2) is 19.3 Å². The highest BCUT2D eigenvalue weighted by Crippen LogP contribution is 2.25. The van der Waals surface area contributed by atoms with E-state index in [-0.39, 0.29) is 18.4 Å². The average Bonchev–Trinajstić information content (AvgIpc) is 2.75. The molecule has 0 radical (unpaired) electrons. The zero-order valence-corrected chi connectivity index (χ0v) is 10.0. The highest BCUT2D eigenvalue weighted by Gasteiger charge is 2.20. The zero-order chi connectivity index (χ0) is 13.1. The number of fused-ring (bicyclic) bond motifs is 1. The van der Waals surface area contributed by atoms with Crippen LogP contribution in [0.3, 0.4) is 0 Å². The molecule has 0 saturated carbocycles. The molecule has 6 nitrogen and oxygen atoms in total. The van der Waals surface area contributed by atoms with Gasteiger partial charge in [-0.05, 0) is 0 Å². The van der Waals surface area contributed by atoms with E-state index in [0.29, 0.717) is 11.2 Å². The maximum atomic E-state index is 13.4. The summed E-state index contributed by atoms with van der Waals surface area (Å²) < 4.78 is 19.8. The Morgan fingerprint density at radius 2 is 2.33 bits per heavy atom. The molecule has 2 heterocycles. The number of imidazole rings is 1.